The van der Waals surface area contributed by atoms with Gasteiger partial charge in [0.1, 0.15) is 17.1 Å². The summed E-state index contributed by atoms with van der Waals surface area (Å²) in [6.07, 6.45) is 1.63. The van der Waals surface area contributed by atoms with Crippen molar-refractivity contribution in [3.05, 3.63) is 65.4 Å². The van der Waals surface area contributed by atoms with Crippen LogP contribution in [0.5, 0.6) is 11.5 Å². The molecule has 1 amide bonds. The number of ether oxygens (including phenoxy) is 2. The third-order valence-corrected chi connectivity index (χ3v) is 4.02. The number of nitrogens with zero attached hydrogens (tertiary/aromatic N) is 2. The zero-order valence-corrected chi connectivity index (χ0v) is 15.8. The van der Waals surface area contributed by atoms with Gasteiger partial charge in [-0.2, -0.15) is 10.2 Å². The summed E-state index contributed by atoms with van der Waals surface area (Å²) in [6.45, 7) is 1.77. The average molecular weight is 379 g/mol. The molecule has 0 unspecified atom stereocenters. The van der Waals surface area contributed by atoms with Crippen molar-refractivity contribution in [2.45, 2.75) is 6.92 Å². The molecule has 0 radical (unpaired) electrons. The number of aryl methyl sites for hydroxylation is 1. The lowest BCUT2D eigenvalue weighted by atomic mass is 10.2. The molecule has 0 aliphatic heterocycles. The Morgan fingerprint density at radius 3 is 2.25 bits per heavy atom. The van der Waals surface area contributed by atoms with Crippen LogP contribution in [0.25, 0.3) is 0 Å². The molecule has 0 spiro atoms. The van der Waals surface area contributed by atoms with Gasteiger partial charge in [-0.15, -0.1) is 0 Å². The molecular formula is C20H21N5O3. The zero-order chi connectivity index (χ0) is 19.9. The number of methoxy groups -OCH3 is 2. The second kappa shape index (κ2) is 8.72. The van der Waals surface area contributed by atoms with Crippen molar-refractivity contribution in [1.29, 1.82) is 0 Å². The van der Waals surface area contributed by atoms with Crippen LogP contribution in [-0.2, 0) is 0 Å². The molecule has 28 heavy (non-hydrogen) atoms. The first kappa shape index (κ1) is 19.0. The van der Waals surface area contributed by atoms with Crippen LogP contribution in [0.3, 0.4) is 0 Å². The van der Waals surface area contributed by atoms with E-state index in [1.165, 1.54) is 0 Å². The van der Waals surface area contributed by atoms with Crippen molar-refractivity contribution in [3.63, 3.8) is 0 Å². The summed E-state index contributed by atoms with van der Waals surface area (Å²) in [7, 11) is 3.20. The van der Waals surface area contributed by atoms with E-state index < -0.39 is 0 Å². The second-order valence-corrected chi connectivity index (χ2v) is 5.90. The summed E-state index contributed by atoms with van der Waals surface area (Å²) in [5.41, 5.74) is 5.37. The Labute approximate surface area is 162 Å². The van der Waals surface area contributed by atoms with Gasteiger partial charge >= 0.3 is 0 Å². The molecule has 8 nitrogen and oxygen atoms in total. The molecule has 3 rings (SSSR count). The van der Waals surface area contributed by atoms with Crippen molar-refractivity contribution < 1.29 is 14.3 Å². The normalized spacial score (nSPS) is 10.7. The molecular weight excluding hydrogens is 358 g/mol. The Bertz CT molecular complexity index is 963. The minimum absolute atomic E-state index is 0.293. The summed E-state index contributed by atoms with van der Waals surface area (Å²) < 4.78 is 10.2. The van der Waals surface area contributed by atoms with Gasteiger partial charge in [0.2, 0.25) is 0 Å². The third-order valence-electron chi connectivity index (χ3n) is 4.02. The summed E-state index contributed by atoms with van der Waals surface area (Å²) in [5.74, 6) is 1.53. The number of carbonyl (C=O) groups excluding carboxylic acids is 1. The monoisotopic (exact) mass is 379 g/mol. The van der Waals surface area contributed by atoms with E-state index in [0.717, 1.165) is 11.3 Å². The van der Waals surface area contributed by atoms with Crippen molar-refractivity contribution in [3.8, 4) is 11.5 Å². The molecule has 0 saturated heterocycles. The highest BCUT2D eigenvalue weighted by molar-refractivity contribution is 6.08. The van der Waals surface area contributed by atoms with E-state index in [1.807, 2.05) is 24.3 Å². The third kappa shape index (κ3) is 4.47. The second-order valence-electron chi connectivity index (χ2n) is 5.90. The standard InChI is InChI=1S/C20H21N5O3/c1-13-18(20(26)22-15-6-10-17(28-3)11-7-15)19(25-23-13)24-21-12-14-4-8-16(27-2)9-5-14/h4-12H,1-3H3,(H,22,26)(H2,23,24,25)/b21-12+. The van der Waals surface area contributed by atoms with Crippen molar-refractivity contribution in [1.82, 2.24) is 10.2 Å². The number of rotatable bonds is 7. The maximum Gasteiger partial charge on any atom is 0.261 e. The summed E-state index contributed by atoms with van der Waals surface area (Å²) in [5, 5.41) is 13.9. The Balaban J connectivity index is 1.69. The van der Waals surface area contributed by atoms with E-state index >= 15 is 0 Å². The maximum atomic E-state index is 12.7. The minimum atomic E-state index is -0.293. The number of amides is 1. The van der Waals surface area contributed by atoms with E-state index in [-0.39, 0.29) is 5.91 Å². The topological polar surface area (TPSA) is 101 Å². The fraction of sp³-hybridized carbons (Fsp3) is 0.150. The number of hydrogen-bond acceptors (Lipinski definition) is 6. The Morgan fingerprint density at radius 1 is 1.04 bits per heavy atom. The van der Waals surface area contributed by atoms with E-state index in [0.29, 0.717) is 28.5 Å². The van der Waals surface area contributed by atoms with Gasteiger partial charge in [0.15, 0.2) is 5.82 Å². The predicted octanol–water partition coefficient (Wildman–Crippen LogP) is 3.43. The fourth-order valence-electron chi connectivity index (χ4n) is 2.51. The van der Waals surface area contributed by atoms with Crippen molar-refractivity contribution in [2.24, 2.45) is 5.10 Å². The van der Waals surface area contributed by atoms with Crippen LogP contribution >= 0.6 is 0 Å². The lowest BCUT2D eigenvalue weighted by Gasteiger charge is -2.07. The number of H-pyrrole nitrogens is 1. The Morgan fingerprint density at radius 2 is 1.64 bits per heavy atom. The van der Waals surface area contributed by atoms with Crippen LogP contribution in [0.2, 0.25) is 0 Å². The molecule has 8 heteroatoms. The largest absolute Gasteiger partial charge is 0.497 e. The molecule has 0 fully saturated rings. The molecule has 0 aliphatic rings. The Hall–Kier alpha value is -3.81. The molecule has 1 aromatic heterocycles. The van der Waals surface area contributed by atoms with Gasteiger partial charge in [0.25, 0.3) is 5.91 Å². The SMILES string of the molecule is COc1ccc(/C=N/Nc2n[nH]c(C)c2C(=O)Nc2ccc(OC)cc2)cc1. The van der Waals surface area contributed by atoms with E-state index in [9.17, 15) is 4.79 Å². The van der Waals surface area contributed by atoms with Crippen molar-refractivity contribution >= 4 is 23.6 Å². The molecule has 0 saturated carbocycles. The van der Waals surface area contributed by atoms with Gasteiger partial charge in [0, 0.05) is 11.4 Å². The molecule has 0 bridgehead atoms. The highest BCUT2D eigenvalue weighted by atomic mass is 16.5. The van der Waals surface area contributed by atoms with Gasteiger partial charge in [0.05, 0.1) is 20.4 Å². The number of aromatic nitrogens is 2. The van der Waals surface area contributed by atoms with Crippen LogP contribution in [0, 0.1) is 6.92 Å². The number of aromatic amines is 1. The number of benzene rings is 2. The first-order valence-electron chi connectivity index (χ1n) is 8.54. The highest BCUT2D eigenvalue weighted by Crippen LogP contribution is 2.20. The zero-order valence-electron chi connectivity index (χ0n) is 15.8. The molecule has 0 aliphatic carbocycles. The first-order chi connectivity index (χ1) is 13.6. The predicted molar refractivity (Wildman–Crippen MR) is 108 cm³/mol. The van der Waals surface area contributed by atoms with Crippen LogP contribution in [0.15, 0.2) is 53.6 Å². The molecule has 0 atom stereocenters. The molecule has 3 aromatic rings. The lowest BCUT2D eigenvalue weighted by Crippen LogP contribution is -2.14. The van der Waals surface area contributed by atoms with Crippen LogP contribution in [0.4, 0.5) is 11.5 Å². The Kier molecular flexibility index (Phi) is 5.91. The lowest BCUT2D eigenvalue weighted by molar-refractivity contribution is 0.102. The van der Waals surface area contributed by atoms with Gasteiger partial charge in [-0.3, -0.25) is 15.3 Å². The van der Waals surface area contributed by atoms with Crippen molar-refractivity contribution in [2.75, 3.05) is 25.0 Å². The van der Waals surface area contributed by atoms with Gasteiger partial charge in [-0.1, -0.05) is 0 Å². The smallest absolute Gasteiger partial charge is 0.261 e. The highest BCUT2D eigenvalue weighted by Gasteiger charge is 2.18. The number of nitrogens with one attached hydrogen (secondary N) is 3. The summed E-state index contributed by atoms with van der Waals surface area (Å²) >= 11 is 0. The molecule has 1 heterocycles. The fourth-order valence-corrected chi connectivity index (χ4v) is 2.51. The van der Waals surface area contributed by atoms with E-state index in [2.05, 4.69) is 26.0 Å². The van der Waals surface area contributed by atoms with Gasteiger partial charge < -0.3 is 14.8 Å². The number of hydrazone groups is 1. The van der Waals surface area contributed by atoms with E-state index in [4.69, 9.17) is 9.47 Å². The summed E-state index contributed by atoms with van der Waals surface area (Å²) in [6, 6.07) is 14.5. The molecule has 3 N–H and O–H groups in total. The summed E-state index contributed by atoms with van der Waals surface area (Å²) in [4.78, 5) is 12.7. The maximum absolute atomic E-state index is 12.7. The number of carbonyl (C=O) groups is 1. The number of anilines is 2. The van der Waals surface area contributed by atoms with Crippen LogP contribution in [0.1, 0.15) is 21.6 Å². The minimum Gasteiger partial charge on any atom is -0.497 e. The number of hydrogen-bond donors (Lipinski definition) is 3. The first-order valence-corrected chi connectivity index (χ1v) is 8.54. The van der Waals surface area contributed by atoms with E-state index in [1.54, 1.807) is 51.6 Å². The van der Waals surface area contributed by atoms with Crippen LogP contribution < -0.4 is 20.2 Å². The molecule has 2 aromatic carbocycles. The van der Waals surface area contributed by atoms with Crippen LogP contribution in [-0.4, -0.2) is 36.5 Å². The quantitative estimate of drug-likeness (QED) is 0.431. The average Bonchev–Trinajstić information content (AvgIpc) is 3.09. The van der Waals surface area contributed by atoms with Gasteiger partial charge in [-0.05, 0) is 61.0 Å². The van der Waals surface area contributed by atoms with Gasteiger partial charge in [-0.25, -0.2) is 0 Å². The molecule has 144 valence electrons.